The number of ether oxygens (including phenoxy) is 2. The van der Waals surface area contributed by atoms with Gasteiger partial charge in [-0.05, 0) is 50.1 Å². The van der Waals surface area contributed by atoms with Crippen LogP contribution in [0, 0.1) is 5.82 Å². The maximum atomic E-state index is 14.0. The molecular formula is C22H25FN2O4S. The lowest BCUT2D eigenvalue weighted by Gasteiger charge is -2.26. The normalized spacial score (nSPS) is 15.1. The number of carbonyl (C=O) groups excluding carboxylic acids is 2. The Morgan fingerprint density at radius 1 is 1.13 bits per heavy atom. The van der Waals surface area contributed by atoms with Crippen LogP contribution in [-0.4, -0.2) is 37.3 Å². The van der Waals surface area contributed by atoms with Crippen molar-refractivity contribution in [1.29, 1.82) is 0 Å². The summed E-state index contributed by atoms with van der Waals surface area (Å²) < 4.78 is 25.0. The van der Waals surface area contributed by atoms with E-state index in [0.717, 1.165) is 11.3 Å². The van der Waals surface area contributed by atoms with E-state index in [9.17, 15) is 14.0 Å². The van der Waals surface area contributed by atoms with E-state index in [-0.39, 0.29) is 30.2 Å². The molecule has 1 atom stereocenters. The van der Waals surface area contributed by atoms with Crippen LogP contribution < -0.4 is 20.1 Å². The van der Waals surface area contributed by atoms with Gasteiger partial charge in [-0.15, -0.1) is 11.8 Å². The smallest absolute Gasteiger partial charge is 0.251 e. The van der Waals surface area contributed by atoms with Crippen LogP contribution in [0.4, 0.5) is 4.39 Å². The maximum absolute atomic E-state index is 14.0. The van der Waals surface area contributed by atoms with Crippen LogP contribution in [0.25, 0.3) is 0 Å². The molecule has 0 saturated carbocycles. The number of fused-ring (bicyclic) bond motifs is 1. The van der Waals surface area contributed by atoms with Crippen LogP contribution in [0.15, 0.2) is 41.3 Å². The van der Waals surface area contributed by atoms with E-state index in [1.807, 2.05) is 19.9 Å². The second-order valence-electron chi connectivity index (χ2n) is 6.63. The lowest BCUT2D eigenvalue weighted by atomic mass is 10.0. The van der Waals surface area contributed by atoms with Gasteiger partial charge in [0.1, 0.15) is 5.82 Å². The van der Waals surface area contributed by atoms with Crippen LogP contribution in [0.3, 0.4) is 0 Å². The third-order valence-electron chi connectivity index (χ3n) is 4.58. The molecule has 0 bridgehead atoms. The second-order valence-corrected chi connectivity index (χ2v) is 7.73. The molecule has 1 unspecified atom stereocenters. The van der Waals surface area contributed by atoms with E-state index in [1.54, 1.807) is 24.3 Å². The minimum atomic E-state index is -0.389. The molecule has 2 aromatic rings. The summed E-state index contributed by atoms with van der Waals surface area (Å²) in [5.74, 6) is 0.776. The van der Waals surface area contributed by atoms with Crippen LogP contribution >= 0.6 is 11.8 Å². The monoisotopic (exact) mass is 432 g/mol. The predicted octanol–water partition coefficient (Wildman–Crippen LogP) is 3.71. The summed E-state index contributed by atoms with van der Waals surface area (Å²) >= 11 is 1.45. The Morgan fingerprint density at radius 3 is 2.67 bits per heavy atom. The van der Waals surface area contributed by atoms with Crippen molar-refractivity contribution in [1.82, 2.24) is 10.6 Å². The lowest BCUT2D eigenvalue weighted by Crippen LogP contribution is -2.39. The summed E-state index contributed by atoms with van der Waals surface area (Å²) in [5.41, 5.74) is 1.15. The summed E-state index contributed by atoms with van der Waals surface area (Å²) in [4.78, 5) is 25.4. The zero-order valence-electron chi connectivity index (χ0n) is 17.0. The summed E-state index contributed by atoms with van der Waals surface area (Å²) in [6, 6.07) is 9.51. The highest BCUT2D eigenvalue weighted by atomic mass is 32.2. The molecule has 0 fully saturated rings. The van der Waals surface area contributed by atoms with Crippen molar-refractivity contribution in [3.8, 4) is 11.5 Å². The molecule has 1 heterocycles. The van der Waals surface area contributed by atoms with Crippen molar-refractivity contribution in [2.24, 2.45) is 0 Å². The summed E-state index contributed by atoms with van der Waals surface area (Å²) in [7, 11) is 0. The Morgan fingerprint density at radius 2 is 1.90 bits per heavy atom. The van der Waals surface area contributed by atoms with Crippen molar-refractivity contribution >= 4 is 23.6 Å². The first-order valence-corrected chi connectivity index (χ1v) is 10.9. The average molecular weight is 433 g/mol. The lowest BCUT2D eigenvalue weighted by molar-refractivity contribution is -0.120. The Kier molecular flexibility index (Phi) is 7.57. The van der Waals surface area contributed by atoms with Gasteiger partial charge in [0.25, 0.3) is 5.91 Å². The number of rotatable bonds is 8. The topological polar surface area (TPSA) is 76.7 Å². The zero-order chi connectivity index (χ0) is 21.5. The number of benzene rings is 2. The van der Waals surface area contributed by atoms with Gasteiger partial charge in [0.15, 0.2) is 11.5 Å². The van der Waals surface area contributed by atoms with Gasteiger partial charge in [-0.1, -0.05) is 12.1 Å². The van der Waals surface area contributed by atoms with E-state index in [2.05, 4.69) is 10.6 Å². The van der Waals surface area contributed by atoms with E-state index in [4.69, 9.17) is 9.47 Å². The highest BCUT2D eigenvalue weighted by molar-refractivity contribution is 7.99. The van der Waals surface area contributed by atoms with E-state index in [1.165, 1.54) is 17.8 Å². The first-order chi connectivity index (χ1) is 14.5. The van der Waals surface area contributed by atoms with Crippen LogP contribution in [0.5, 0.6) is 11.5 Å². The number of thioether (sulfide) groups is 1. The van der Waals surface area contributed by atoms with E-state index < -0.39 is 0 Å². The Hall–Kier alpha value is -2.74. The predicted molar refractivity (Wildman–Crippen MR) is 114 cm³/mol. The molecule has 2 amide bonds. The number of halogens is 1. The molecule has 2 N–H and O–H groups in total. The number of amides is 2. The molecule has 1 aliphatic rings. The number of hydrogen-bond donors (Lipinski definition) is 2. The molecule has 0 saturated heterocycles. The van der Waals surface area contributed by atoms with Crippen molar-refractivity contribution in [3.63, 3.8) is 0 Å². The van der Waals surface area contributed by atoms with Gasteiger partial charge in [-0.25, -0.2) is 4.39 Å². The van der Waals surface area contributed by atoms with Crippen molar-refractivity contribution in [2.75, 3.05) is 25.5 Å². The standard InChI is InChI=1S/C22H25FN2O4S/c1-3-28-18-9-8-14(12-19(18)29-4-2)22(27)24-13-20(26)25-17-10-11-30-21-15(17)6-5-7-16(21)23/h5-9,12,17H,3-4,10-11,13H2,1-2H3,(H,24,27)(H,25,26). The molecule has 3 rings (SSSR count). The fraction of sp³-hybridized carbons (Fsp3) is 0.364. The second kappa shape index (κ2) is 10.3. The number of carbonyl (C=O) groups is 2. The molecule has 0 spiro atoms. The van der Waals surface area contributed by atoms with E-state index in [0.29, 0.717) is 41.6 Å². The molecule has 2 aromatic carbocycles. The fourth-order valence-electron chi connectivity index (χ4n) is 3.24. The molecule has 0 aromatic heterocycles. The first kappa shape index (κ1) is 22.0. The zero-order valence-corrected chi connectivity index (χ0v) is 17.8. The number of hydrogen-bond acceptors (Lipinski definition) is 5. The fourth-order valence-corrected chi connectivity index (χ4v) is 4.38. The van der Waals surface area contributed by atoms with Gasteiger partial charge < -0.3 is 20.1 Å². The molecule has 8 heteroatoms. The summed E-state index contributed by atoms with van der Waals surface area (Å²) in [5, 5.41) is 5.51. The summed E-state index contributed by atoms with van der Waals surface area (Å²) in [6.07, 6.45) is 0.706. The molecule has 6 nitrogen and oxygen atoms in total. The molecule has 0 radical (unpaired) electrons. The van der Waals surface area contributed by atoms with Crippen LogP contribution in [-0.2, 0) is 4.79 Å². The first-order valence-electron chi connectivity index (χ1n) is 9.91. The van der Waals surface area contributed by atoms with Gasteiger partial charge in [-0.2, -0.15) is 0 Å². The van der Waals surface area contributed by atoms with Gasteiger partial charge in [0, 0.05) is 16.2 Å². The molecule has 1 aliphatic heterocycles. The third kappa shape index (κ3) is 5.24. The maximum Gasteiger partial charge on any atom is 0.251 e. The number of nitrogens with one attached hydrogen (secondary N) is 2. The van der Waals surface area contributed by atoms with Crippen molar-refractivity contribution < 1.29 is 23.5 Å². The molecule has 160 valence electrons. The molecule has 30 heavy (non-hydrogen) atoms. The van der Waals surface area contributed by atoms with Crippen LogP contribution in [0.2, 0.25) is 0 Å². The van der Waals surface area contributed by atoms with Gasteiger partial charge in [0.05, 0.1) is 25.8 Å². The molecule has 0 aliphatic carbocycles. The Balaban J connectivity index is 1.60. The third-order valence-corrected chi connectivity index (χ3v) is 5.74. The minimum Gasteiger partial charge on any atom is -0.490 e. The van der Waals surface area contributed by atoms with E-state index >= 15 is 0 Å². The SMILES string of the molecule is CCOc1ccc(C(=O)NCC(=O)NC2CCSc3c(F)cccc32)cc1OCC. The quantitative estimate of drug-likeness (QED) is 0.665. The van der Waals surface area contributed by atoms with Gasteiger partial charge in [-0.3, -0.25) is 9.59 Å². The Labute approximate surface area is 179 Å². The largest absolute Gasteiger partial charge is 0.490 e. The molecular weight excluding hydrogens is 407 g/mol. The Bertz CT molecular complexity index is 922. The van der Waals surface area contributed by atoms with Crippen LogP contribution in [0.1, 0.15) is 42.2 Å². The highest BCUT2D eigenvalue weighted by Crippen LogP contribution is 2.37. The van der Waals surface area contributed by atoms with Crippen molar-refractivity contribution in [2.45, 2.75) is 31.2 Å². The van der Waals surface area contributed by atoms with Crippen molar-refractivity contribution in [3.05, 3.63) is 53.3 Å². The average Bonchev–Trinajstić information content (AvgIpc) is 2.74. The highest BCUT2D eigenvalue weighted by Gasteiger charge is 2.24. The minimum absolute atomic E-state index is 0.176. The van der Waals surface area contributed by atoms with Gasteiger partial charge in [0.2, 0.25) is 5.91 Å². The van der Waals surface area contributed by atoms with Gasteiger partial charge >= 0.3 is 0 Å². The summed E-state index contributed by atoms with van der Waals surface area (Å²) in [6.45, 7) is 4.46.